The van der Waals surface area contributed by atoms with Gasteiger partial charge in [0.1, 0.15) is 0 Å². The summed E-state index contributed by atoms with van der Waals surface area (Å²) in [5, 5.41) is 0. The molecular weight excluding hydrogens is 328 g/mol. The summed E-state index contributed by atoms with van der Waals surface area (Å²) in [5.74, 6) is 0.286. The van der Waals surface area contributed by atoms with Crippen molar-refractivity contribution in [2.45, 2.75) is 90.4 Å². The molecule has 2 aliphatic rings. The first kappa shape index (κ1) is 21.2. The van der Waals surface area contributed by atoms with E-state index in [-0.39, 0.29) is 17.9 Å². The van der Waals surface area contributed by atoms with Crippen LogP contribution in [0.4, 0.5) is 0 Å². The van der Waals surface area contributed by atoms with E-state index in [0.29, 0.717) is 18.3 Å². The molecule has 0 radical (unpaired) electrons. The quantitative estimate of drug-likeness (QED) is 0.300. The van der Waals surface area contributed by atoms with Gasteiger partial charge < -0.3 is 9.47 Å². The van der Waals surface area contributed by atoms with Crippen molar-refractivity contribution in [1.29, 1.82) is 0 Å². The molecule has 2 aliphatic carbocycles. The third-order valence-corrected chi connectivity index (χ3v) is 6.92. The van der Waals surface area contributed by atoms with Crippen LogP contribution < -0.4 is 0 Å². The maximum Gasteiger partial charge on any atom is 0.323 e. The monoisotopic (exact) mass is 366 g/mol. The van der Waals surface area contributed by atoms with Gasteiger partial charge in [-0.25, -0.2) is 0 Å². The van der Waals surface area contributed by atoms with Gasteiger partial charge in [0.05, 0.1) is 14.2 Å². The number of esters is 2. The largest absolute Gasteiger partial charge is 0.468 e. The fourth-order valence-corrected chi connectivity index (χ4v) is 5.65. The van der Waals surface area contributed by atoms with Gasteiger partial charge in [-0.15, -0.1) is 0 Å². The van der Waals surface area contributed by atoms with Gasteiger partial charge in [0.15, 0.2) is 5.41 Å². The Morgan fingerprint density at radius 2 is 1.46 bits per heavy atom. The molecule has 0 N–H and O–H groups in total. The van der Waals surface area contributed by atoms with Crippen molar-refractivity contribution in [3.8, 4) is 0 Å². The smallest absolute Gasteiger partial charge is 0.323 e. The summed E-state index contributed by atoms with van der Waals surface area (Å²) >= 11 is 0. The van der Waals surface area contributed by atoms with Crippen molar-refractivity contribution in [1.82, 2.24) is 0 Å². The van der Waals surface area contributed by atoms with Gasteiger partial charge in [0.2, 0.25) is 0 Å². The highest BCUT2D eigenvalue weighted by Gasteiger charge is 2.63. The number of ether oxygens (including phenoxy) is 2. The van der Waals surface area contributed by atoms with E-state index in [1.807, 2.05) is 0 Å². The average Bonchev–Trinajstić information content (AvgIpc) is 3.01. The van der Waals surface area contributed by atoms with E-state index < -0.39 is 5.41 Å². The minimum atomic E-state index is -1.06. The number of methoxy groups -OCH3 is 2. The second-order valence-corrected chi connectivity index (χ2v) is 8.38. The molecule has 0 saturated heterocycles. The summed E-state index contributed by atoms with van der Waals surface area (Å²) in [6.45, 7) is 2.25. The Kier molecular flexibility index (Phi) is 8.43. The molecule has 0 amide bonds. The van der Waals surface area contributed by atoms with Gasteiger partial charge in [0.25, 0.3) is 0 Å². The number of fused-ring (bicyclic) bond motifs is 1. The molecule has 3 atom stereocenters. The van der Waals surface area contributed by atoms with Crippen LogP contribution >= 0.6 is 0 Å². The third kappa shape index (κ3) is 4.43. The van der Waals surface area contributed by atoms with E-state index in [1.165, 1.54) is 65.6 Å². The molecule has 2 rings (SSSR count). The molecule has 0 aliphatic heterocycles. The molecule has 150 valence electrons. The van der Waals surface area contributed by atoms with Crippen LogP contribution in [0.15, 0.2) is 0 Å². The molecule has 0 heterocycles. The second kappa shape index (κ2) is 10.3. The predicted octanol–water partition coefficient (Wildman–Crippen LogP) is 5.29. The fourth-order valence-electron chi connectivity index (χ4n) is 5.65. The molecule has 2 fully saturated rings. The SMILES string of the molecule is CCCCCCCCC[C@H]1CC(C(=O)OC)(C(=O)OC)[C@@H]2CCCC[C@H]12. The molecular formula is C22H38O4. The Labute approximate surface area is 159 Å². The highest BCUT2D eigenvalue weighted by atomic mass is 16.5. The molecule has 26 heavy (non-hydrogen) atoms. The molecule has 0 aromatic heterocycles. The summed E-state index contributed by atoms with van der Waals surface area (Å²) in [6.07, 6.45) is 15.2. The predicted molar refractivity (Wildman–Crippen MR) is 103 cm³/mol. The van der Waals surface area contributed by atoms with E-state index in [1.54, 1.807) is 0 Å². The first-order valence-electron chi connectivity index (χ1n) is 10.8. The van der Waals surface area contributed by atoms with E-state index in [4.69, 9.17) is 9.47 Å². The van der Waals surface area contributed by atoms with Crippen molar-refractivity contribution in [3.63, 3.8) is 0 Å². The van der Waals surface area contributed by atoms with Crippen LogP contribution in [-0.4, -0.2) is 26.2 Å². The van der Waals surface area contributed by atoms with Crippen LogP contribution in [0.3, 0.4) is 0 Å². The lowest BCUT2D eigenvalue weighted by Gasteiger charge is -2.35. The van der Waals surface area contributed by atoms with Crippen LogP contribution in [-0.2, 0) is 19.1 Å². The van der Waals surface area contributed by atoms with Gasteiger partial charge in [-0.2, -0.15) is 0 Å². The molecule has 0 bridgehead atoms. The summed E-state index contributed by atoms with van der Waals surface area (Å²) < 4.78 is 10.2. The molecule has 2 saturated carbocycles. The molecule has 0 spiro atoms. The van der Waals surface area contributed by atoms with Crippen LogP contribution in [0.1, 0.15) is 90.4 Å². The van der Waals surface area contributed by atoms with Crippen molar-refractivity contribution >= 4 is 11.9 Å². The first-order chi connectivity index (χ1) is 12.6. The number of hydrogen-bond donors (Lipinski definition) is 0. The standard InChI is InChI=1S/C22H38O4/c1-4-5-6-7-8-9-10-13-17-16-22(20(23)25-2,21(24)26-3)19-15-12-11-14-18(17)19/h17-19H,4-16H2,1-3H3/t17-,18+,19+/m0/s1. The van der Waals surface area contributed by atoms with Gasteiger partial charge in [-0.3, -0.25) is 9.59 Å². The second-order valence-electron chi connectivity index (χ2n) is 8.38. The summed E-state index contributed by atoms with van der Waals surface area (Å²) in [4.78, 5) is 25.4. The maximum absolute atomic E-state index is 12.7. The van der Waals surface area contributed by atoms with E-state index in [0.717, 1.165) is 25.7 Å². The Morgan fingerprint density at radius 1 is 0.885 bits per heavy atom. The van der Waals surface area contributed by atoms with E-state index >= 15 is 0 Å². The highest BCUT2D eigenvalue weighted by Crippen LogP contribution is 2.58. The minimum absolute atomic E-state index is 0.103. The number of hydrogen-bond acceptors (Lipinski definition) is 4. The molecule has 0 unspecified atom stereocenters. The first-order valence-corrected chi connectivity index (χ1v) is 10.8. The summed E-state index contributed by atoms with van der Waals surface area (Å²) in [6, 6.07) is 0. The topological polar surface area (TPSA) is 52.6 Å². The maximum atomic E-state index is 12.7. The number of carbonyl (C=O) groups excluding carboxylic acids is 2. The van der Waals surface area contributed by atoms with Crippen molar-refractivity contribution in [2.24, 2.45) is 23.2 Å². The number of carbonyl (C=O) groups is 2. The minimum Gasteiger partial charge on any atom is -0.468 e. The zero-order chi connectivity index (χ0) is 19.0. The van der Waals surface area contributed by atoms with Crippen molar-refractivity contribution in [3.05, 3.63) is 0 Å². The van der Waals surface area contributed by atoms with Crippen molar-refractivity contribution in [2.75, 3.05) is 14.2 Å². The Bertz CT molecular complexity index is 443. The summed E-state index contributed by atoms with van der Waals surface area (Å²) in [7, 11) is 2.79. The zero-order valence-electron chi connectivity index (χ0n) is 17.1. The lowest BCUT2D eigenvalue weighted by molar-refractivity contribution is -0.173. The van der Waals surface area contributed by atoms with Gasteiger partial charge in [0, 0.05) is 0 Å². The molecule has 0 aromatic rings. The highest BCUT2D eigenvalue weighted by molar-refractivity contribution is 6.01. The number of unbranched alkanes of at least 4 members (excludes halogenated alkanes) is 6. The van der Waals surface area contributed by atoms with Gasteiger partial charge in [-0.05, 0) is 37.0 Å². The molecule has 0 aromatic carbocycles. The third-order valence-electron chi connectivity index (χ3n) is 6.92. The van der Waals surface area contributed by atoms with E-state index in [2.05, 4.69) is 6.92 Å². The van der Waals surface area contributed by atoms with Crippen LogP contribution in [0, 0.1) is 23.2 Å². The Hall–Kier alpha value is -1.06. The fraction of sp³-hybridized carbons (Fsp3) is 0.909. The lowest BCUT2D eigenvalue weighted by Crippen LogP contribution is -2.46. The summed E-state index contributed by atoms with van der Waals surface area (Å²) in [5.41, 5.74) is -1.06. The molecule has 4 nitrogen and oxygen atoms in total. The lowest BCUT2D eigenvalue weighted by atomic mass is 9.69. The normalized spacial score (nSPS) is 27.0. The van der Waals surface area contributed by atoms with Crippen molar-refractivity contribution < 1.29 is 19.1 Å². The zero-order valence-corrected chi connectivity index (χ0v) is 17.1. The Morgan fingerprint density at radius 3 is 2.08 bits per heavy atom. The van der Waals surface area contributed by atoms with Crippen LogP contribution in [0.2, 0.25) is 0 Å². The van der Waals surface area contributed by atoms with Crippen LogP contribution in [0.25, 0.3) is 0 Å². The molecule has 4 heteroatoms. The van der Waals surface area contributed by atoms with Crippen LogP contribution in [0.5, 0.6) is 0 Å². The average molecular weight is 367 g/mol. The Balaban J connectivity index is 1.99. The van der Waals surface area contributed by atoms with E-state index in [9.17, 15) is 9.59 Å². The number of rotatable bonds is 10. The van der Waals surface area contributed by atoms with Gasteiger partial charge in [-0.1, -0.05) is 71.1 Å². The van der Waals surface area contributed by atoms with Gasteiger partial charge >= 0.3 is 11.9 Å².